The first kappa shape index (κ1) is 13.4. The minimum absolute atomic E-state index is 0.0355. The highest BCUT2D eigenvalue weighted by Crippen LogP contribution is 2.38. The van der Waals surface area contributed by atoms with Gasteiger partial charge in [-0.1, -0.05) is 0 Å². The van der Waals surface area contributed by atoms with Gasteiger partial charge in [0.15, 0.2) is 0 Å². The Morgan fingerprint density at radius 3 is 2.72 bits per heavy atom. The Hall–Kier alpha value is -1.06. The number of methoxy groups -OCH3 is 1. The van der Waals surface area contributed by atoms with E-state index in [0.29, 0.717) is 12.3 Å². The number of hydrogen-bond acceptors (Lipinski definition) is 3. The van der Waals surface area contributed by atoms with Gasteiger partial charge in [-0.25, -0.2) is 0 Å². The second-order valence-electron chi connectivity index (χ2n) is 3.97. The van der Waals surface area contributed by atoms with E-state index in [2.05, 4.69) is 37.9 Å². The smallest absolute Gasteiger partial charge is 0.228 e. The van der Waals surface area contributed by atoms with Gasteiger partial charge in [0.05, 0.1) is 29.3 Å². The molecule has 1 amide bonds. The molecule has 1 aliphatic rings. The molecule has 0 aromatic heterocycles. The summed E-state index contributed by atoms with van der Waals surface area (Å²) in [6, 6.07) is 5.75. The zero-order valence-corrected chi connectivity index (χ0v) is 12.8. The van der Waals surface area contributed by atoms with Crippen LogP contribution in [-0.4, -0.2) is 19.6 Å². The molecule has 18 heavy (non-hydrogen) atoms. The third kappa shape index (κ3) is 2.38. The van der Waals surface area contributed by atoms with Crippen LogP contribution in [0.4, 0.5) is 5.69 Å². The zero-order valence-electron chi connectivity index (χ0n) is 9.61. The molecule has 0 aliphatic carbocycles. The van der Waals surface area contributed by atoms with Crippen molar-refractivity contribution >= 4 is 43.5 Å². The van der Waals surface area contributed by atoms with Crippen molar-refractivity contribution in [3.8, 4) is 11.8 Å². The normalized spacial score (nSPS) is 18.9. The maximum Gasteiger partial charge on any atom is 0.228 e. The molecule has 1 fully saturated rings. The Labute approximate surface area is 122 Å². The first-order valence-electron chi connectivity index (χ1n) is 5.29. The van der Waals surface area contributed by atoms with E-state index < -0.39 is 0 Å². The van der Waals surface area contributed by atoms with Crippen LogP contribution in [0, 0.1) is 17.2 Å². The molecule has 1 aromatic rings. The van der Waals surface area contributed by atoms with Crippen LogP contribution in [0.1, 0.15) is 6.42 Å². The Balaban J connectivity index is 2.40. The fourth-order valence-corrected chi connectivity index (χ4v) is 3.28. The number of rotatable bonds is 2. The molecular formula is C12H10Br2N2O2. The molecule has 0 bridgehead atoms. The summed E-state index contributed by atoms with van der Waals surface area (Å²) in [5.74, 6) is 0.382. The number of ether oxygens (including phenoxy) is 1. The molecule has 1 atom stereocenters. The van der Waals surface area contributed by atoms with Gasteiger partial charge in [-0.2, -0.15) is 5.26 Å². The van der Waals surface area contributed by atoms with E-state index in [-0.39, 0.29) is 18.2 Å². The third-order valence-electron chi connectivity index (χ3n) is 2.82. The van der Waals surface area contributed by atoms with E-state index in [1.54, 1.807) is 18.1 Å². The Kier molecular flexibility index (Phi) is 3.93. The SMILES string of the molecule is COc1cc(N2CC(C#N)CC2=O)c(Br)cc1Br. The van der Waals surface area contributed by atoms with Crippen LogP contribution in [0.2, 0.25) is 0 Å². The summed E-state index contributed by atoms with van der Waals surface area (Å²) in [7, 11) is 1.57. The van der Waals surface area contributed by atoms with E-state index in [9.17, 15) is 4.79 Å². The van der Waals surface area contributed by atoms with Crippen LogP contribution < -0.4 is 9.64 Å². The molecule has 6 heteroatoms. The monoisotopic (exact) mass is 372 g/mol. The van der Waals surface area contributed by atoms with Crippen molar-refractivity contribution < 1.29 is 9.53 Å². The van der Waals surface area contributed by atoms with Crippen molar-refractivity contribution in [2.45, 2.75) is 6.42 Å². The highest BCUT2D eigenvalue weighted by atomic mass is 79.9. The summed E-state index contributed by atoms with van der Waals surface area (Å²) in [5, 5.41) is 8.89. The van der Waals surface area contributed by atoms with Gasteiger partial charge in [0.1, 0.15) is 5.75 Å². The number of nitriles is 1. The molecule has 1 unspecified atom stereocenters. The standard InChI is InChI=1S/C12H10Br2N2O2/c1-18-11-4-10(8(13)3-9(11)14)16-6-7(5-15)2-12(16)17/h3-4,7H,2,6H2,1H3. The van der Waals surface area contributed by atoms with Crippen LogP contribution in [0.5, 0.6) is 5.75 Å². The van der Waals surface area contributed by atoms with Gasteiger partial charge in [-0.3, -0.25) is 4.79 Å². The molecule has 1 aliphatic heterocycles. The van der Waals surface area contributed by atoms with E-state index in [1.165, 1.54) is 0 Å². The topological polar surface area (TPSA) is 53.3 Å². The number of benzene rings is 1. The maximum absolute atomic E-state index is 11.9. The lowest BCUT2D eigenvalue weighted by molar-refractivity contribution is -0.117. The summed E-state index contributed by atoms with van der Waals surface area (Å²) in [6.45, 7) is 0.429. The summed E-state index contributed by atoms with van der Waals surface area (Å²) in [6.07, 6.45) is 0.279. The molecule has 0 spiro atoms. The van der Waals surface area contributed by atoms with Gasteiger partial charge in [0, 0.05) is 23.5 Å². The number of hydrogen-bond donors (Lipinski definition) is 0. The second-order valence-corrected chi connectivity index (χ2v) is 5.68. The predicted octanol–water partition coefficient (Wildman–Crippen LogP) is 3.10. The number of amides is 1. The predicted molar refractivity (Wildman–Crippen MR) is 74.5 cm³/mol. The highest BCUT2D eigenvalue weighted by Gasteiger charge is 2.32. The number of anilines is 1. The molecule has 0 saturated carbocycles. The highest BCUT2D eigenvalue weighted by molar-refractivity contribution is 9.11. The molecule has 1 heterocycles. The summed E-state index contributed by atoms with van der Waals surface area (Å²) in [4.78, 5) is 13.5. The molecule has 2 rings (SSSR count). The third-order valence-corrected chi connectivity index (χ3v) is 4.07. The second kappa shape index (κ2) is 5.29. The molecule has 0 N–H and O–H groups in total. The van der Waals surface area contributed by atoms with Gasteiger partial charge in [0.2, 0.25) is 5.91 Å². The Morgan fingerprint density at radius 1 is 1.44 bits per heavy atom. The van der Waals surface area contributed by atoms with E-state index in [1.807, 2.05) is 6.07 Å². The lowest BCUT2D eigenvalue weighted by Gasteiger charge is -2.19. The van der Waals surface area contributed by atoms with Crippen LogP contribution >= 0.6 is 31.9 Å². The lowest BCUT2D eigenvalue weighted by Crippen LogP contribution is -2.24. The average Bonchev–Trinajstić information content (AvgIpc) is 2.71. The van der Waals surface area contributed by atoms with Crippen LogP contribution in [-0.2, 0) is 4.79 Å². The molecule has 0 radical (unpaired) electrons. The minimum atomic E-state index is -0.237. The number of carbonyl (C=O) groups is 1. The number of carbonyl (C=O) groups excluding carboxylic acids is 1. The summed E-state index contributed by atoms with van der Waals surface area (Å²) >= 11 is 6.81. The van der Waals surface area contributed by atoms with Crippen LogP contribution in [0.3, 0.4) is 0 Å². The first-order chi connectivity index (χ1) is 8.56. The van der Waals surface area contributed by atoms with E-state index in [4.69, 9.17) is 10.00 Å². The fraction of sp³-hybridized carbons (Fsp3) is 0.333. The van der Waals surface area contributed by atoms with Crippen molar-refractivity contribution in [1.82, 2.24) is 0 Å². The summed E-state index contributed by atoms with van der Waals surface area (Å²) in [5.41, 5.74) is 0.734. The largest absolute Gasteiger partial charge is 0.495 e. The van der Waals surface area contributed by atoms with Crippen molar-refractivity contribution in [1.29, 1.82) is 5.26 Å². The van der Waals surface area contributed by atoms with Gasteiger partial charge in [0.25, 0.3) is 0 Å². The maximum atomic E-state index is 11.9. The van der Waals surface area contributed by atoms with E-state index in [0.717, 1.165) is 14.6 Å². The lowest BCUT2D eigenvalue weighted by atomic mass is 10.1. The summed E-state index contributed by atoms with van der Waals surface area (Å²) < 4.78 is 6.82. The van der Waals surface area contributed by atoms with E-state index >= 15 is 0 Å². The van der Waals surface area contributed by atoms with Gasteiger partial charge < -0.3 is 9.64 Å². The Morgan fingerprint density at radius 2 is 2.17 bits per heavy atom. The van der Waals surface area contributed by atoms with Crippen LogP contribution in [0.25, 0.3) is 0 Å². The van der Waals surface area contributed by atoms with Crippen LogP contribution in [0.15, 0.2) is 21.1 Å². The average molecular weight is 374 g/mol. The number of nitrogens with zero attached hydrogens (tertiary/aromatic N) is 2. The van der Waals surface area contributed by atoms with Crippen molar-refractivity contribution in [2.75, 3.05) is 18.6 Å². The molecule has 94 valence electrons. The molecule has 1 aromatic carbocycles. The molecule has 1 saturated heterocycles. The molecular weight excluding hydrogens is 364 g/mol. The molecule has 4 nitrogen and oxygen atoms in total. The van der Waals surface area contributed by atoms with Gasteiger partial charge in [-0.15, -0.1) is 0 Å². The zero-order chi connectivity index (χ0) is 13.3. The quantitative estimate of drug-likeness (QED) is 0.800. The van der Waals surface area contributed by atoms with Crippen molar-refractivity contribution in [3.05, 3.63) is 21.1 Å². The van der Waals surface area contributed by atoms with Gasteiger partial charge >= 0.3 is 0 Å². The van der Waals surface area contributed by atoms with Crippen molar-refractivity contribution in [2.24, 2.45) is 5.92 Å². The Bertz CT molecular complexity index is 540. The first-order valence-corrected chi connectivity index (χ1v) is 6.88. The number of halogens is 2. The van der Waals surface area contributed by atoms with Crippen molar-refractivity contribution in [3.63, 3.8) is 0 Å². The fourth-order valence-electron chi connectivity index (χ4n) is 1.91. The van der Waals surface area contributed by atoms with Gasteiger partial charge in [-0.05, 0) is 37.9 Å². The minimum Gasteiger partial charge on any atom is -0.495 e.